The molecule has 0 heterocycles. The fourth-order valence-corrected chi connectivity index (χ4v) is 3.18. The molecule has 0 bridgehead atoms. The Bertz CT molecular complexity index is 866. The summed E-state index contributed by atoms with van der Waals surface area (Å²) in [5.74, 6) is 0. The molecule has 114 valence electrons. The summed E-state index contributed by atoms with van der Waals surface area (Å²) in [6.07, 6.45) is 0. The van der Waals surface area contributed by atoms with Crippen LogP contribution in [0.3, 0.4) is 0 Å². The molecular weight excluding hydrogens is 288 g/mol. The quantitative estimate of drug-likeness (QED) is 0.395. The minimum absolute atomic E-state index is 1.24. The first-order valence-corrected chi connectivity index (χ1v) is 8.23. The van der Waals surface area contributed by atoms with Crippen molar-refractivity contribution in [1.29, 1.82) is 0 Å². The molecule has 24 heavy (non-hydrogen) atoms. The molecule has 4 aromatic carbocycles. The van der Waals surface area contributed by atoms with Gasteiger partial charge in [-0.3, -0.25) is 0 Å². The van der Waals surface area contributed by atoms with E-state index in [9.17, 15) is 0 Å². The molecule has 0 atom stereocenters. The Morgan fingerprint density at radius 1 is 0.292 bits per heavy atom. The first-order valence-electron chi connectivity index (χ1n) is 8.23. The van der Waals surface area contributed by atoms with Gasteiger partial charge in [-0.05, 0) is 33.4 Å². The van der Waals surface area contributed by atoms with E-state index < -0.39 is 0 Å². The summed E-state index contributed by atoms with van der Waals surface area (Å²) in [4.78, 5) is 0. The molecule has 0 amide bonds. The van der Waals surface area contributed by atoms with E-state index in [2.05, 4.69) is 109 Å². The zero-order chi connectivity index (χ0) is 16.2. The van der Waals surface area contributed by atoms with Crippen LogP contribution in [0, 0.1) is 0 Å². The lowest BCUT2D eigenvalue weighted by Gasteiger charge is -2.16. The second kappa shape index (κ2) is 6.55. The van der Waals surface area contributed by atoms with E-state index in [0.29, 0.717) is 0 Å². The van der Waals surface area contributed by atoms with Crippen molar-refractivity contribution in [2.45, 2.75) is 0 Å². The predicted octanol–water partition coefficient (Wildman–Crippen LogP) is 6.69. The third kappa shape index (κ3) is 2.75. The fourth-order valence-electron chi connectivity index (χ4n) is 3.18. The molecule has 0 saturated carbocycles. The van der Waals surface area contributed by atoms with Gasteiger partial charge in [0.1, 0.15) is 0 Å². The van der Waals surface area contributed by atoms with E-state index in [1.165, 1.54) is 33.4 Å². The number of benzene rings is 4. The Morgan fingerprint density at radius 3 is 1.08 bits per heavy atom. The van der Waals surface area contributed by atoms with Crippen molar-refractivity contribution in [3.8, 4) is 33.4 Å². The standard InChI is InChI=1S/C24H18/c1-4-11-19(12-5-1)22-17-10-18-23(20-13-6-2-7-14-20)24(22)21-15-8-3-9-16-21/h1-18H. The first-order chi connectivity index (χ1) is 11.9. The molecule has 0 aliphatic heterocycles. The van der Waals surface area contributed by atoms with Crippen molar-refractivity contribution in [2.75, 3.05) is 0 Å². The van der Waals surface area contributed by atoms with Crippen molar-refractivity contribution >= 4 is 0 Å². The molecule has 0 aliphatic rings. The molecule has 0 unspecified atom stereocenters. The first kappa shape index (κ1) is 14.5. The second-order valence-corrected chi connectivity index (χ2v) is 5.83. The van der Waals surface area contributed by atoms with Gasteiger partial charge in [0.05, 0.1) is 0 Å². The Balaban J connectivity index is 2.02. The minimum Gasteiger partial charge on any atom is -0.0622 e. The monoisotopic (exact) mass is 306 g/mol. The van der Waals surface area contributed by atoms with Crippen molar-refractivity contribution in [1.82, 2.24) is 0 Å². The maximum Gasteiger partial charge on any atom is -0.00268 e. The van der Waals surface area contributed by atoms with Crippen molar-refractivity contribution in [3.63, 3.8) is 0 Å². The van der Waals surface area contributed by atoms with Gasteiger partial charge in [0.2, 0.25) is 0 Å². The van der Waals surface area contributed by atoms with Crippen LogP contribution in [0.2, 0.25) is 0 Å². The molecular formula is C24H18. The van der Waals surface area contributed by atoms with Crippen LogP contribution in [-0.2, 0) is 0 Å². The van der Waals surface area contributed by atoms with E-state index in [1.807, 2.05) is 0 Å². The Labute approximate surface area is 143 Å². The molecule has 4 rings (SSSR count). The smallest absolute Gasteiger partial charge is 0.00268 e. The zero-order valence-electron chi connectivity index (χ0n) is 13.4. The second-order valence-electron chi connectivity index (χ2n) is 5.83. The van der Waals surface area contributed by atoms with Crippen molar-refractivity contribution < 1.29 is 0 Å². The lowest BCUT2D eigenvalue weighted by molar-refractivity contribution is 1.56. The Morgan fingerprint density at radius 2 is 0.667 bits per heavy atom. The van der Waals surface area contributed by atoms with Crippen LogP contribution < -0.4 is 0 Å². The average Bonchev–Trinajstić information content (AvgIpc) is 2.69. The van der Waals surface area contributed by atoms with Gasteiger partial charge in [-0.2, -0.15) is 0 Å². The summed E-state index contributed by atoms with van der Waals surface area (Å²) in [5, 5.41) is 0. The molecule has 0 saturated heterocycles. The molecule has 0 nitrogen and oxygen atoms in total. The molecule has 4 aromatic rings. The van der Waals surface area contributed by atoms with Crippen molar-refractivity contribution in [3.05, 3.63) is 109 Å². The van der Waals surface area contributed by atoms with E-state index in [0.717, 1.165) is 0 Å². The highest BCUT2D eigenvalue weighted by Crippen LogP contribution is 2.39. The third-order valence-electron chi connectivity index (χ3n) is 4.30. The molecule has 0 heteroatoms. The summed E-state index contributed by atoms with van der Waals surface area (Å²) in [6, 6.07) is 38.4. The third-order valence-corrected chi connectivity index (χ3v) is 4.30. The van der Waals surface area contributed by atoms with Gasteiger partial charge in [-0.25, -0.2) is 0 Å². The summed E-state index contributed by atoms with van der Waals surface area (Å²) in [6.45, 7) is 0. The van der Waals surface area contributed by atoms with E-state index >= 15 is 0 Å². The van der Waals surface area contributed by atoms with E-state index in [4.69, 9.17) is 0 Å². The van der Waals surface area contributed by atoms with Gasteiger partial charge >= 0.3 is 0 Å². The highest BCUT2D eigenvalue weighted by molar-refractivity contribution is 5.94. The van der Waals surface area contributed by atoms with E-state index in [-0.39, 0.29) is 0 Å². The van der Waals surface area contributed by atoms with Gasteiger partial charge in [0.15, 0.2) is 0 Å². The molecule has 0 radical (unpaired) electrons. The van der Waals surface area contributed by atoms with Crippen LogP contribution >= 0.6 is 0 Å². The summed E-state index contributed by atoms with van der Waals surface area (Å²) < 4.78 is 0. The molecule has 0 fully saturated rings. The van der Waals surface area contributed by atoms with Gasteiger partial charge in [-0.15, -0.1) is 0 Å². The SMILES string of the molecule is c1ccc(-c2cccc(-c3ccccc3)c2-c2ccccc2)cc1. The van der Waals surface area contributed by atoms with Gasteiger partial charge in [-0.1, -0.05) is 109 Å². The normalized spacial score (nSPS) is 10.5. The van der Waals surface area contributed by atoms with Crippen LogP contribution in [0.4, 0.5) is 0 Å². The van der Waals surface area contributed by atoms with Gasteiger partial charge in [0.25, 0.3) is 0 Å². The predicted molar refractivity (Wildman–Crippen MR) is 103 cm³/mol. The largest absolute Gasteiger partial charge is 0.0622 e. The highest BCUT2D eigenvalue weighted by Gasteiger charge is 2.13. The molecule has 0 aromatic heterocycles. The van der Waals surface area contributed by atoms with E-state index in [1.54, 1.807) is 0 Å². The lowest BCUT2D eigenvalue weighted by Crippen LogP contribution is -1.90. The van der Waals surface area contributed by atoms with Crippen LogP contribution in [0.25, 0.3) is 33.4 Å². The lowest BCUT2D eigenvalue weighted by atomic mass is 9.88. The number of hydrogen-bond donors (Lipinski definition) is 0. The molecule has 0 spiro atoms. The zero-order valence-corrected chi connectivity index (χ0v) is 13.4. The summed E-state index contributed by atoms with van der Waals surface area (Å²) in [7, 11) is 0. The van der Waals surface area contributed by atoms with Crippen LogP contribution in [0.15, 0.2) is 109 Å². The van der Waals surface area contributed by atoms with Crippen molar-refractivity contribution in [2.24, 2.45) is 0 Å². The number of hydrogen-bond acceptors (Lipinski definition) is 0. The molecule has 0 aliphatic carbocycles. The maximum atomic E-state index is 2.21. The maximum absolute atomic E-state index is 2.21. The van der Waals surface area contributed by atoms with Gasteiger partial charge < -0.3 is 0 Å². The Kier molecular flexibility index (Phi) is 3.95. The van der Waals surface area contributed by atoms with Gasteiger partial charge in [0, 0.05) is 0 Å². The Hall–Kier alpha value is -3.12. The van der Waals surface area contributed by atoms with Crippen LogP contribution in [0.5, 0.6) is 0 Å². The highest BCUT2D eigenvalue weighted by atomic mass is 14.2. The van der Waals surface area contributed by atoms with Crippen LogP contribution in [0.1, 0.15) is 0 Å². The number of rotatable bonds is 3. The minimum atomic E-state index is 1.24. The fraction of sp³-hybridized carbons (Fsp3) is 0. The summed E-state index contributed by atoms with van der Waals surface area (Å²) >= 11 is 0. The topological polar surface area (TPSA) is 0 Å². The summed E-state index contributed by atoms with van der Waals surface area (Å²) in [5.41, 5.74) is 7.56. The molecule has 0 N–H and O–H groups in total. The van der Waals surface area contributed by atoms with Crippen LogP contribution in [-0.4, -0.2) is 0 Å². The average molecular weight is 306 g/mol.